The van der Waals surface area contributed by atoms with E-state index in [4.69, 9.17) is 24.9 Å². The van der Waals surface area contributed by atoms with E-state index in [1.165, 1.54) is 95.7 Å². The van der Waals surface area contributed by atoms with E-state index in [0.717, 1.165) is 140 Å². The van der Waals surface area contributed by atoms with Crippen molar-refractivity contribution in [3.63, 3.8) is 0 Å². The van der Waals surface area contributed by atoms with Gasteiger partial charge in [0.15, 0.2) is 11.6 Å². The molecular formula is C121H76N14S3. The molecule has 0 N–H and O–H groups in total. The molecule has 0 unspecified atom stereocenters. The third-order valence-corrected chi connectivity index (χ3v) is 28.6. The average molecular weight is 1820 g/mol. The van der Waals surface area contributed by atoms with Gasteiger partial charge in [0.05, 0.1) is 67.3 Å². The van der Waals surface area contributed by atoms with E-state index in [1.54, 1.807) is 47.5 Å². The number of aromatic nitrogens is 14. The van der Waals surface area contributed by atoms with Crippen LogP contribution in [-0.2, 0) is 0 Å². The minimum atomic E-state index is 0.666. The second kappa shape index (κ2) is 35.6. The van der Waals surface area contributed by atoms with Crippen molar-refractivity contribution in [2.45, 2.75) is 0 Å². The number of fused-ring (bicyclic) bond motifs is 15. The van der Waals surface area contributed by atoms with Crippen LogP contribution in [0.15, 0.2) is 461 Å². The highest BCUT2D eigenvalue weighted by Crippen LogP contribution is 2.45. The van der Waals surface area contributed by atoms with Gasteiger partial charge in [0, 0.05) is 182 Å². The smallest absolute Gasteiger partial charge is 0.160 e. The number of para-hydroxylation sites is 3. The van der Waals surface area contributed by atoms with Gasteiger partial charge in [-0.25, -0.2) is 24.9 Å². The van der Waals surface area contributed by atoms with Crippen molar-refractivity contribution in [3.05, 3.63) is 461 Å². The molecule has 0 spiro atoms. The van der Waals surface area contributed by atoms with Crippen LogP contribution in [-0.4, -0.2) is 68.5 Å². The average Bonchev–Trinajstić information content (AvgIpc) is 1.58. The molecule has 0 saturated carbocycles. The molecule has 17 heteroatoms. The lowest BCUT2D eigenvalue weighted by molar-refractivity contribution is 1.16. The monoisotopic (exact) mass is 1820 g/mol. The first-order valence-corrected chi connectivity index (χ1v) is 48.1. The molecule has 0 bridgehead atoms. The molecule has 0 atom stereocenters. The van der Waals surface area contributed by atoms with Crippen LogP contribution < -0.4 is 0 Å². The molecule has 0 aliphatic carbocycles. The zero-order chi connectivity index (χ0) is 91.4. The predicted octanol–water partition coefficient (Wildman–Crippen LogP) is 31.3. The van der Waals surface area contributed by atoms with Crippen molar-refractivity contribution < 1.29 is 0 Å². The Kier molecular flexibility index (Phi) is 21.2. The number of benzene rings is 12. The summed E-state index contributed by atoms with van der Waals surface area (Å²) in [5, 5.41) is 18.1. The molecule has 0 aliphatic heterocycles. The third kappa shape index (κ3) is 15.4. The van der Waals surface area contributed by atoms with Gasteiger partial charge in [-0.1, -0.05) is 170 Å². The molecule has 27 aromatic rings. The van der Waals surface area contributed by atoms with Gasteiger partial charge in [-0.2, -0.15) is 0 Å². The molecule has 138 heavy (non-hydrogen) atoms. The van der Waals surface area contributed by atoms with Crippen LogP contribution >= 0.6 is 34.0 Å². The van der Waals surface area contributed by atoms with Crippen molar-refractivity contribution in [1.82, 2.24) is 68.5 Å². The highest BCUT2D eigenvalue weighted by atomic mass is 32.1. The van der Waals surface area contributed by atoms with Gasteiger partial charge in [0.1, 0.15) is 0 Å². The van der Waals surface area contributed by atoms with Gasteiger partial charge < -0.3 is 13.7 Å². The molecule has 27 rings (SSSR count). The van der Waals surface area contributed by atoms with Crippen molar-refractivity contribution in [3.8, 4) is 152 Å². The summed E-state index contributed by atoms with van der Waals surface area (Å²) in [5.74, 6) is 1.34. The van der Waals surface area contributed by atoms with E-state index in [9.17, 15) is 0 Å². The zero-order valence-electron chi connectivity index (χ0n) is 73.9. The summed E-state index contributed by atoms with van der Waals surface area (Å²) in [6, 6.07) is 130. The number of pyridine rings is 7. The fourth-order valence-electron chi connectivity index (χ4n) is 19.0. The highest BCUT2D eigenvalue weighted by Gasteiger charge is 2.23. The van der Waals surface area contributed by atoms with Crippen LogP contribution in [0.4, 0.5) is 0 Å². The number of rotatable bonds is 15. The third-order valence-electron chi connectivity index (χ3n) is 25.8. The predicted molar refractivity (Wildman–Crippen MR) is 569 cm³/mol. The van der Waals surface area contributed by atoms with Crippen LogP contribution in [0.2, 0.25) is 0 Å². The Morgan fingerprint density at radius 1 is 0.167 bits per heavy atom. The summed E-state index contributed by atoms with van der Waals surface area (Å²) in [6.07, 6.45) is 21.7. The van der Waals surface area contributed by atoms with E-state index in [2.05, 4.69) is 357 Å². The number of nitrogens with zero attached hydrogens (tertiary/aromatic N) is 14. The summed E-state index contributed by atoms with van der Waals surface area (Å²) >= 11 is 5.42. The first-order valence-electron chi connectivity index (χ1n) is 45.4. The van der Waals surface area contributed by atoms with Gasteiger partial charge in [-0.15, -0.1) is 34.0 Å². The van der Waals surface area contributed by atoms with E-state index in [-0.39, 0.29) is 0 Å². The maximum Gasteiger partial charge on any atom is 0.160 e. The lowest BCUT2D eigenvalue weighted by atomic mass is 9.98. The normalized spacial score (nSPS) is 11.5. The Labute approximate surface area is 804 Å². The molecule has 0 aliphatic rings. The Balaban J connectivity index is 0.000000110. The Hall–Kier alpha value is -17.9. The Morgan fingerprint density at radius 2 is 0.391 bits per heavy atom. The molecule has 14 nitrogen and oxygen atoms in total. The van der Waals surface area contributed by atoms with Crippen molar-refractivity contribution >= 4 is 130 Å². The fourth-order valence-corrected chi connectivity index (χ4v) is 21.9. The first-order chi connectivity index (χ1) is 68.4. The van der Waals surface area contributed by atoms with Gasteiger partial charge >= 0.3 is 0 Å². The summed E-state index contributed by atoms with van der Waals surface area (Å²) in [5.41, 5.74) is 33.0. The van der Waals surface area contributed by atoms with Gasteiger partial charge in [-0.3, -0.25) is 29.9 Å². The van der Waals surface area contributed by atoms with Gasteiger partial charge in [0.2, 0.25) is 0 Å². The molecule has 648 valence electrons. The molecule has 0 saturated heterocycles. The SMILES string of the molecule is c1ccc2c(c1)c1c3sccc3ccc1n2-c1ccc(-c2cc(-c3ccc(-c4ccncc4)cc3)cc(-c3ccncc3)n2)cc1.c1ccc2c(c1)c1c3sccc3ccc1n2-c1ccc(-c2cc(-c3ccc(-c4ccncc4)cc3)nc(-c3ccncc3)n2)cc1.c1ccc2c(c1)c1c3sccc3ccc1n2-c1ccc(-c2nc(-c3ccncc3)cc(-c3ccc(-c4ccncc4)cc3)n2)cc1. The number of thiophene rings is 3. The quantitative estimate of drug-likeness (QED) is 0.0962. The second-order valence-electron chi connectivity index (χ2n) is 33.8. The number of hydrogen-bond acceptors (Lipinski definition) is 14. The largest absolute Gasteiger partial charge is 0.309 e. The maximum absolute atomic E-state index is 5.14. The summed E-state index contributed by atoms with van der Waals surface area (Å²) in [6.45, 7) is 0. The molecular weight excluding hydrogens is 1750 g/mol. The van der Waals surface area contributed by atoms with Gasteiger partial charge in [0.25, 0.3) is 0 Å². The minimum absolute atomic E-state index is 0.666. The summed E-state index contributed by atoms with van der Waals surface area (Å²) in [7, 11) is 0. The Morgan fingerprint density at radius 3 is 0.696 bits per heavy atom. The van der Waals surface area contributed by atoms with Crippen molar-refractivity contribution in [2.75, 3.05) is 0 Å². The van der Waals surface area contributed by atoms with E-state index >= 15 is 0 Å². The van der Waals surface area contributed by atoms with Crippen LogP contribution in [0.3, 0.4) is 0 Å². The second-order valence-corrected chi connectivity index (χ2v) is 36.5. The fraction of sp³-hybridized carbons (Fsp3) is 0. The standard InChI is InChI=1S/C41H26N4S.2C40H25N5S/c1-2-4-38-35(3-1)40-39(14-11-32-19-24-46-41(32)40)45(38)34-12-9-30(10-13-34)36-25-33(26-37(44-36)31-17-22-43-23-18-31)28-7-5-27(6-8-28)29-15-20-42-21-16-29;1-2-4-36-33(3-1)38-37(14-11-30-19-24-46-39(30)38)45(36)32-12-9-31(10-13-32)40-43-34(25-35(44-40)29-17-22-42-23-18-29)28-7-5-26(6-8-28)27-15-20-41-21-16-27;1-2-4-36-33(3-1)38-37(14-11-30-19-24-46-39(30)38)45(36)32-12-9-29(10-13-32)35-25-34(43-40(44-35)31-17-22-42-23-18-31)28-7-5-26(6-8-28)27-15-20-41-21-16-27/h1-26H;2*1-25H. The van der Waals surface area contributed by atoms with Crippen molar-refractivity contribution in [2.24, 2.45) is 0 Å². The first kappa shape index (κ1) is 82.1. The van der Waals surface area contributed by atoms with E-state index < -0.39 is 0 Å². The van der Waals surface area contributed by atoms with Crippen LogP contribution in [0, 0.1) is 0 Å². The summed E-state index contributed by atoms with van der Waals surface area (Å²) < 4.78 is 11.1. The lowest BCUT2D eigenvalue weighted by Gasteiger charge is -2.12. The molecule has 15 aromatic heterocycles. The Bertz CT molecular complexity index is 8350. The zero-order valence-corrected chi connectivity index (χ0v) is 76.3. The molecule has 15 heterocycles. The van der Waals surface area contributed by atoms with Crippen LogP contribution in [0.25, 0.3) is 248 Å². The molecule has 0 fully saturated rings. The molecule has 12 aromatic carbocycles. The highest BCUT2D eigenvalue weighted by molar-refractivity contribution is 7.19. The topological polar surface area (TPSA) is 157 Å². The maximum atomic E-state index is 5.14. The molecule has 0 amide bonds. The minimum Gasteiger partial charge on any atom is -0.309 e. The van der Waals surface area contributed by atoms with E-state index in [0.29, 0.717) is 11.6 Å². The van der Waals surface area contributed by atoms with Crippen LogP contribution in [0.5, 0.6) is 0 Å². The lowest BCUT2D eigenvalue weighted by Crippen LogP contribution is -1.97. The molecule has 0 radical (unpaired) electrons. The van der Waals surface area contributed by atoms with Crippen LogP contribution in [0.1, 0.15) is 0 Å². The number of hydrogen-bond donors (Lipinski definition) is 0. The van der Waals surface area contributed by atoms with Gasteiger partial charge in [-0.05, 0) is 277 Å². The van der Waals surface area contributed by atoms with E-state index in [1.807, 2.05) is 134 Å². The summed E-state index contributed by atoms with van der Waals surface area (Å²) in [4.78, 5) is 50.4. The van der Waals surface area contributed by atoms with Crippen molar-refractivity contribution in [1.29, 1.82) is 0 Å².